The van der Waals surface area contributed by atoms with E-state index < -0.39 is 0 Å². The van der Waals surface area contributed by atoms with Crippen molar-refractivity contribution < 1.29 is 14.4 Å². The van der Waals surface area contributed by atoms with E-state index in [0.717, 1.165) is 51.0 Å². The summed E-state index contributed by atoms with van der Waals surface area (Å²) in [5.74, 6) is 0.964. The van der Waals surface area contributed by atoms with Crippen molar-refractivity contribution in [1.82, 2.24) is 14.9 Å². The molecule has 3 saturated heterocycles. The highest BCUT2D eigenvalue weighted by atomic mass is 16.7. The molecule has 1 amide bonds. The van der Waals surface area contributed by atoms with Crippen LogP contribution in [-0.2, 0) is 16.2 Å². The number of amides is 1. The predicted molar refractivity (Wildman–Crippen MR) is 157 cm³/mol. The first-order valence-corrected chi connectivity index (χ1v) is 14.9. The van der Waals surface area contributed by atoms with Gasteiger partial charge in [-0.2, -0.15) is 5.06 Å². The molecule has 3 aliphatic heterocycles. The minimum atomic E-state index is -0.199. The molecule has 1 unspecified atom stereocenters. The average Bonchev–Trinajstić information content (AvgIpc) is 3.56. The maximum absolute atomic E-state index is 12.9. The summed E-state index contributed by atoms with van der Waals surface area (Å²) in [6, 6.07) is 32.2. The van der Waals surface area contributed by atoms with Crippen LogP contribution in [0.3, 0.4) is 0 Å². The van der Waals surface area contributed by atoms with E-state index in [4.69, 9.17) is 9.57 Å². The van der Waals surface area contributed by atoms with Crippen LogP contribution in [0.25, 0.3) is 0 Å². The number of rotatable bonds is 8. The van der Waals surface area contributed by atoms with Crippen LogP contribution in [0.1, 0.15) is 54.9 Å². The number of hydroxylamine groups is 2. The topological polar surface area (TPSA) is 45.2 Å². The zero-order valence-electron chi connectivity index (χ0n) is 23.5. The van der Waals surface area contributed by atoms with Crippen molar-refractivity contribution in [3.8, 4) is 0 Å². The Bertz CT molecular complexity index is 1220. The zero-order chi connectivity index (χ0) is 27.3. The normalized spacial score (nSPS) is 25.5. The van der Waals surface area contributed by atoms with Crippen molar-refractivity contribution in [2.45, 2.75) is 56.9 Å². The minimum Gasteiger partial charge on any atom is -0.445 e. The summed E-state index contributed by atoms with van der Waals surface area (Å²) in [6.07, 6.45) is 2.93. The molecule has 6 rings (SSSR count). The third kappa shape index (κ3) is 5.95. The fourth-order valence-electron chi connectivity index (χ4n) is 7.07. The SMILES string of the molecule is CCN(C(=O)OCc1ccccc1)C1CCN(CC2CN3O[C@H](c4ccccc4)C[C@H]3[C@@H]2c2ccccc2)CC1. The summed E-state index contributed by atoms with van der Waals surface area (Å²) < 4.78 is 5.67. The molecule has 6 heteroatoms. The van der Waals surface area contributed by atoms with Gasteiger partial charge in [0.25, 0.3) is 0 Å². The van der Waals surface area contributed by atoms with E-state index in [2.05, 4.69) is 77.6 Å². The summed E-state index contributed by atoms with van der Waals surface area (Å²) >= 11 is 0. The van der Waals surface area contributed by atoms with Crippen LogP contribution in [0.15, 0.2) is 91.0 Å². The molecule has 3 heterocycles. The number of ether oxygens (including phenoxy) is 1. The Labute approximate surface area is 238 Å². The molecule has 0 aromatic heterocycles. The molecule has 3 fully saturated rings. The average molecular weight is 540 g/mol. The Hall–Kier alpha value is -3.19. The summed E-state index contributed by atoms with van der Waals surface area (Å²) in [6.45, 7) is 7.07. The molecule has 3 aromatic rings. The molecular weight excluding hydrogens is 498 g/mol. The second-order valence-corrected chi connectivity index (χ2v) is 11.5. The lowest BCUT2D eigenvalue weighted by atomic mass is 9.81. The molecule has 4 atom stereocenters. The van der Waals surface area contributed by atoms with Gasteiger partial charge in [0.2, 0.25) is 0 Å². The van der Waals surface area contributed by atoms with Gasteiger partial charge < -0.3 is 14.5 Å². The van der Waals surface area contributed by atoms with Gasteiger partial charge in [0, 0.05) is 50.7 Å². The van der Waals surface area contributed by atoms with Crippen molar-refractivity contribution in [3.05, 3.63) is 108 Å². The third-order valence-electron chi connectivity index (χ3n) is 9.05. The maximum atomic E-state index is 12.9. The van der Waals surface area contributed by atoms with Crippen LogP contribution < -0.4 is 0 Å². The maximum Gasteiger partial charge on any atom is 0.410 e. The Morgan fingerprint density at radius 3 is 2.17 bits per heavy atom. The first kappa shape index (κ1) is 27.0. The van der Waals surface area contributed by atoms with E-state index in [-0.39, 0.29) is 18.2 Å². The number of fused-ring (bicyclic) bond motifs is 1. The lowest BCUT2D eigenvalue weighted by Crippen LogP contribution is -2.48. The van der Waals surface area contributed by atoms with E-state index in [1.54, 1.807) is 0 Å². The second-order valence-electron chi connectivity index (χ2n) is 11.5. The smallest absolute Gasteiger partial charge is 0.410 e. The Kier molecular flexibility index (Phi) is 8.47. The molecule has 0 aliphatic carbocycles. The second kappa shape index (κ2) is 12.5. The molecule has 0 spiro atoms. The molecule has 0 N–H and O–H groups in total. The lowest BCUT2D eigenvalue weighted by molar-refractivity contribution is -0.152. The van der Waals surface area contributed by atoms with E-state index >= 15 is 0 Å². The van der Waals surface area contributed by atoms with Crippen LogP contribution in [0, 0.1) is 5.92 Å². The quantitative estimate of drug-likeness (QED) is 0.338. The minimum absolute atomic E-state index is 0.135. The highest BCUT2D eigenvalue weighted by Gasteiger charge is 2.49. The molecule has 0 radical (unpaired) electrons. The summed E-state index contributed by atoms with van der Waals surface area (Å²) in [5.41, 5.74) is 3.71. The van der Waals surface area contributed by atoms with Crippen molar-refractivity contribution in [1.29, 1.82) is 0 Å². The lowest BCUT2D eigenvalue weighted by Gasteiger charge is -2.39. The molecular formula is C34H41N3O3. The fourth-order valence-corrected chi connectivity index (χ4v) is 7.07. The Morgan fingerprint density at radius 1 is 0.900 bits per heavy atom. The molecule has 3 aromatic carbocycles. The van der Waals surface area contributed by atoms with E-state index in [9.17, 15) is 4.79 Å². The van der Waals surface area contributed by atoms with Gasteiger partial charge in [-0.15, -0.1) is 0 Å². The summed E-state index contributed by atoms with van der Waals surface area (Å²) in [5, 5.41) is 2.29. The highest BCUT2D eigenvalue weighted by molar-refractivity contribution is 5.68. The number of likely N-dealkylation sites (tertiary alicyclic amines) is 1. The summed E-state index contributed by atoms with van der Waals surface area (Å²) in [7, 11) is 0. The van der Waals surface area contributed by atoms with Crippen molar-refractivity contribution in [2.75, 3.05) is 32.7 Å². The van der Waals surface area contributed by atoms with Crippen LogP contribution in [0.5, 0.6) is 0 Å². The first-order valence-electron chi connectivity index (χ1n) is 14.9. The molecule has 0 bridgehead atoms. The number of carbonyl (C=O) groups excluding carboxylic acids is 1. The van der Waals surface area contributed by atoms with Gasteiger partial charge in [-0.05, 0) is 48.8 Å². The number of carbonyl (C=O) groups is 1. The number of piperidine rings is 1. The Balaban J connectivity index is 1.06. The number of hydrogen-bond donors (Lipinski definition) is 0. The molecule has 210 valence electrons. The molecule has 40 heavy (non-hydrogen) atoms. The monoisotopic (exact) mass is 539 g/mol. The predicted octanol–water partition coefficient (Wildman–Crippen LogP) is 6.27. The number of hydrogen-bond acceptors (Lipinski definition) is 5. The van der Waals surface area contributed by atoms with Gasteiger partial charge in [0.05, 0.1) is 0 Å². The largest absolute Gasteiger partial charge is 0.445 e. The van der Waals surface area contributed by atoms with Crippen molar-refractivity contribution in [3.63, 3.8) is 0 Å². The van der Waals surface area contributed by atoms with Gasteiger partial charge in [0.1, 0.15) is 12.7 Å². The number of nitrogens with zero attached hydrogens (tertiary/aromatic N) is 3. The first-order chi connectivity index (χ1) is 19.7. The fraction of sp³-hybridized carbons (Fsp3) is 0.441. The molecule has 6 nitrogen and oxygen atoms in total. The van der Waals surface area contributed by atoms with E-state index in [1.165, 1.54) is 11.1 Å². The highest BCUT2D eigenvalue weighted by Crippen LogP contribution is 2.48. The van der Waals surface area contributed by atoms with E-state index in [1.807, 2.05) is 35.2 Å². The van der Waals surface area contributed by atoms with E-state index in [0.29, 0.717) is 31.0 Å². The third-order valence-corrected chi connectivity index (χ3v) is 9.05. The van der Waals surface area contributed by atoms with Crippen LogP contribution >= 0.6 is 0 Å². The van der Waals surface area contributed by atoms with Gasteiger partial charge in [-0.3, -0.25) is 4.84 Å². The molecule has 0 saturated carbocycles. The standard InChI is InChI=1S/C34H41N3O3/c1-2-36(34(38)39-25-26-12-6-3-7-13-26)30-18-20-35(21-19-30)23-29-24-37-31(33(29)28-16-10-5-11-17-28)22-32(40-37)27-14-8-4-9-15-27/h3-17,29-33H,2,18-25H2,1H3/t29?,31-,32-,33+/m0/s1. The Morgan fingerprint density at radius 2 is 1.52 bits per heavy atom. The van der Waals surface area contributed by atoms with Crippen molar-refractivity contribution in [2.24, 2.45) is 5.92 Å². The van der Waals surface area contributed by atoms with Gasteiger partial charge in [0.15, 0.2) is 0 Å². The summed E-state index contributed by atoms with van der Waals surface area (Å²) in [4.78, 5) is 24.0. The van der Waals surface area contributed by atoms with Crippen LogP contribution in [0.2, 0.25) is 0 Å². The van der Waals surface area contributed by atoms with Crippen LogP contribution in [0.4, 0.5) is 4.79 Å². The van der Waals surface area contributed by atoms with Crippen molar-refractivity contribution >= 4 is 6.09 Å². The van der Waals surface area contributed by atoms with Gasteiger partial charge in [-0.1, -0.05) is 91.0 Å². The van der Waals surface area contributed by atoms with Gasteiger partial charge in [-0.25, -0.2) is 4.79 Å². The molecule has 3 aliphatic rings. The van der Waals surface area contributed by atoms with Gasteiger partial charge >= 0.3 is 6.09 Å². The number of benzene rings is 3. The van der Waals surface area contributed by atoms with Crippen LogP contribution in [-0.4, -0.2) is 65.8 Å². The zero-order valence-corrected chi connectivity index (χ0v) is 23.5.